The maximum absolute atomic E-state index is 11.8. The van der Waals surface area contributed by atoms with Gasteiger partial charge in [-0.15, -0.1) is 0 Å². The highest BCUT2D eigenvalue weighted by Crippen LogP contribution is 2.22. The zero-order valence-corrected chi connectivity index (χ0v) is 10.4. The molecule has 0 heterocycles. The minimum atomic E-state index is -4.36. The lowest BCUT2D eigenvalue weighted by molar-refractivity contribution is -0.140. The van der Waals surface area contributed by atoms with Crippen LogP contribution in [0.1, 0.15) is 26.2 Å². The van der Waals surface area contributed by atoms with E-state index in [2.05, 4.69) is 4.74 Å². The Kier molecular flexibility index (Phi) is 5.94. The fraction of sp³-hybridized carbons (Fsp3) is 0.889. The number of carbonyl (C=O) groups excluding carboxylic acids is 1. The van der Waals surface area contributed by atoms with E-state index in [1.807, 2.05) is 0 Å². The minimum Gasteiger partial charge on any atom is -0.469 e. The summed E-state index contributed by atoms with van der Waals surface area (Å²) in [5.74, 6) is -1.28. The first-order valence-corrected chi connectivity index (χ1v) is 6.65. The number of alkyl halides is 3. The maximum atomic E-state index is 11.8. The van der Waals surface area contributed by atoms with E-state index < -0.39 is 45.8 Å². The van der Waals surface area contributed by atoms with Crippen LogP contribution in [-0.2, 0) is 19.4 Å². The number of sulfone groups is 1. The summed E-state index contributed by atoms with van der Waals surface area (Å²) in [5, 5.41) is -1.02. The molecule has 102 valence electrons. The third-order valence-electron chi connectivity index (χ3n) is 2.18. The first kappa shape index (κ1) is 16.2. The van der Waals surface area contributed by atoms with E-state index in [0.29, 0.717) is 0 Å². The number of carbonyl (C=O) groups is 1. The monoisotopic (exact) mass is 276 g/mol. The topological polar surface area (TPSA) is 60.4 Å². The quantitative estimate of drug-likeness (QED) is 0.693. The van der Waals surface area contributed by atoms with E-state index in [-0.39, 0.29) is 6.42 Å². The van der Waals surface area contributed by atoms with Crippen LogP contribution in [0, 0.1) is 0 Å². The van der Waals surface area contributed by atoms with Gasteiger partial charge in [-0.1, -0.05) is 0 Å². The van der Waals surface area contributed by atoms with E-state index in [0.717, 1.165) is 7.11 Å². The standard InChI is InChI=1S/C9H15F3O4S/c1-7(6-8(13)16-2)17(14,15)5-3-4-9(10,11)12/h7H,3-6H2,1-2H3. The highest BCUT2D eigenvalue weighted by molar-refractivity contribution is 7.92. The second-order valence-corrected chi connectivity index (χ2v) is 6.22. The average Bonchev–Trinajstić information content (AvgIpc) is 2.14. The van der Waals surface area contributed by atoms with Crippen molar-refractivity contribution >= 4 is 15.8 Å². The van der Waals surface area contributed by atoms with Crippen molar-refractivity contribution in [1.29, 1.82) is 0 Å². The predicted molar refractivity (Wildman–Crippen MR) is 55.2 cm³/mol. The Balaban J connectivity index is 4.24. The Morgan fingerprint density at radius 3 is 2.29 bits per heavy atom. The van der Waals surface area contributed by atoms with Gasteiger partial charge in [-0.3, -0.25) is 4.79 Å². The number of ether oxygens (including phenoxy) is 1. The highest BCUT2D eigenvalue weighted by atomic mass is 32.2. The normalized spacial score (nSPS) is 14.4. The largest absolute Gasteiger partial charge is 0.469 e. The Morgan fingerprint density at radius 2 is 1.88 bits per heavy atom. The number of halogens is 3. The second-order valence-electron chi connectivity index (χ2n) is 3.68. The van der Waals surface area contributed by atoms with Crippen LogP contribution in [-0.4, -0.2) is 38.7 Å². The predicted octanol–water partition coefficient (Wildman–Crippen LogP) is 1.70. The summed E-state index contributed by atoms with van der Waals surface area (Å²) < 4.78 is 62.8. The van der Waals surface area contributed by atoms with Crippen LogP contribution in [0.3, 0.4) is 0 Å². The van der Waals surface area contributed by atoms with Gasteiger partial charge in [0.2, 0.25) is 0 Å². The summed E-state index contributed by atoms with van der Waals surface area (Å²) in [6.45, 7) is 1.28. The fourth-order valence-corrected chi connectivity index (χ4v) is 2.46. The molecule has 0 fully saturated rings. The van der Waals surface area contributed by atoms with Gasteiger partial charge in [-0.2, -0.15) is 13.2 Å². The van der Waals surface area contributed by atoms with E-state index >= 15 is 0 Å². The molecule has 0 N–H and O–H groups in total. The molecule has 0 aromatic heterocycles. The molecule has 0 aliphatic rings. The van der Waals surface area contributed by atoms with Gasteiger partial charge in [0.25, 0.3) is 0 Å². The van der Waals surface area contributed by atoms with Gasteiger partial charge >= 0.3 is 12.1 Å². The Morgan fingerprint density at radius 1 is 1.35 bits per heavy atom. The van der Waals surface area contributed by atoms with Crippen LogP contribution in [0.4, 0.5) is 13.2 Å². The van der Waals surface area contributed by atoms with Crippen molar-refractivity contribution in [1.82, 2.24) is 0 Å². The van der Waals surface area contributed by atoms with Gasteiger partial charge in [0.15, 0.2) is 9.84 Å². The molecule has 0 saturated carbocycles. The molecule has 0 rings (SSSR count). The lowest BCUT2D eigenvalue weighted by atomic mass is 10.3. The Labute approximate surface area is 98.1 Å². The van der Waals surface area contributed by atoms with E-state index in [9.17, 15) is 26.4 Å². The van der Waals surface area contributed by atoms with Crippen molar-refractivity contribution in [2.75, 3.05) is 12.9 Å². The summed E-state index contributed by atoms with van der Waals surface area (Å²) >= 11 is 0. The van der Waals surface area contributed by atoms with E-state index in [1.165, 1.54) is 6.92 Å². The van der Waals surface area contributed by atoms with Crippen LogP contribution in [0.5, 0.6) is 0 Å². The molecule has 0 radical (unpaired) electrons. The highest BCUT2D eigenvalue weighted by Gasteiger charge is 2.29. The van der Waals surface area contributed by atoms with Crippen molar-refractivity contribution in [3.8, 4) is 0 Å². The van der Waals surface area contributed by atoms with Crippen molar-refractivity contribution in [2.45, 2.75) is 37.6 Å². The summed E-state index contributed by atoms with van der Waals surface area (Å²) in [6.07, 6.45) is -6.33. The molecule has 0 aliphatic heterocycles. The molecule has 0 aromatic carbocycles. The fourth-order valence-electron chi connectivity index (χ4n) is 1.12. The van der Waals surface area contributed by atoms with Crippen LogP contribution in [0.15, 0.2) is 0 Å². The molecular weight excluding hydrogens is 261 g/mol. The van der Waals surface area contributed by atoms with Gasteiger partial charge < -0.3 is 4.74 Å². The molecule has 0 saturated heterocycles. The minimum absolute atomic E-state index is 0.342. The summed E-state index contributed by atoms with van der Waals surface area (Å²) in [5.41, 5.74) is 0. The van der Waals surface area contributed by atoms with E-state index in [1.54, 1.807) is 0 Å². The van der Waals surface area contributed by atoms with Crippen LogP contribution in [0.25, 0.3) is 0 Å². The van der Waals surface area contributed by atoms with Crippen molar-refractivity contribution in [3.05, 3.63) is 0 Å². The molecule has 1 atom stereocenters. The molecule has 0 amide bonds. The molecule has 0 spiro atoms. The zero-order valence-electron chi connectivity index (χ0n) is 9.58. The molecule has 4 nitrogen and oxygen atoms in total. The van der Waals surface area contributed by atoms with Crippen LogP contribution < -0.4 is 0 Å². The van der Waals surface area contributed by atoms with Gasteiger partial charge in [0, 0.05) is 6.42 Å². The molecule has 0 aromatic rings. The van der Waals surface area contributed by atoms with E-state index in [4.69, 9.17) is 0 Å². The van der Waals surface area contributed by atoms with Gasteiger partial charge in [0.05, 0.1) is 24.5 Å². The first-order valence-electron chi connectivity index (χ1n) is 4.93. The zero-order chi connectivity index (χ0) is 13.7. The number of rotatable bonds is 6. The third-order valence-corrected chi connectivity index (χ3v) is 4.43. The lowest BCUT2D eigenvalue weighted by Gasteiger charge is -2.12. The molecule has 17 heavy (non-hydrogen) atoms. The average molecular weight is 276 g/mol. The number of hydrogen-bond acceptors (Lipinski definition) is 4. The number of methoxy groups -OCH3 is 1. The smallest absolute Gasteiger partial charge is 0.389 e. The lowest BCUT2D eigenvalue weighted by Crippen LogP contribution is -2.25. The SMILES string of the molecule is COC(=O)CC(C)S(=O)(=O)CCCC(F)(F)F. The van der Waals surface area contributed by atoms with Gasteiger partial charge in [-0.05, 0) is 13.3 Å². The summed E-state index contributed by atoms with van der Waals surface area (Å²) in [7, 11) is -2.57. The molecule has 0 aliphatic carbocycles. The molecule has 8 heteroatoms. The molecule has 1 unspecified atom stereocenters. The Bertz CT molecular complexity index is 348. The summed E-state index contributed by atoms with van der Waals surface area (Å²) in [6, 6.07) is 0. The first-order chi connectivity index (χ1) is 7.58. The molecule has 0 bridgehead atoms. The maximum Gasteiger partial charge on any atom is 0.389 e. The molecular formula is C9H15F3O4S. The van der Waals surface area contributed by atoms with Crippen LogP contribution in [0.2, 0.25) is 0 Å². The number of esters is 1. The van der Waals surface area contributed by atoms with Crippen LogP contribution >= 0.6 is 0 Å². The summed E-state index contributed by atoms with van der Waals surface area (Å²) in [4.78, 5) is 10.8. The van der Waals surface area contributed by atoms with Crippen molar-refractivity contribution in [2.24, 2.45) is 0 Å². The van der Waals surface area contributed by atoms with Gasteiger partial charge in [0.1, 0.15) is 0 Å². The van der Waals surface area contributed by atoms with Gasteiger partial charge in [-0.25, -0.2) is 8.42 Å². The Hall–Kier alpha value is -0.790. The number of hydrogen-bond donors (Lipinski definition) is 0. The third kappa shape index (κ3) is 7.19. The second kappa shape index (κ2) is 6.23. The van der Waals surface area contributed by atoms with Crippen molar-refractivity contribution in [3.63, 3.8) is 0 Å². The van der Waals surface area contributed by atoms with Crippen molar-refractivity contribution < 1.29 is 31.1 Å².